The van der Waals surface area contributed by atoms with Gasteiger partial charge in [0.25, 0.3) is 0 Å². The summed E-state index contributed by atoms with van der Waals surface area (Å²) in [4.78, 5) is 15.4. The van der Waals surface area contributed by atoms with Gasteiger partial charge in [-0.2, -0.15) is 0 Å². The Kier molecular flexibility index (Phi) is 7.32. The van der Waals surface area contributed by atoms with Crippen LogP contribution in [0.1, 0.15) is 16.8 Å². The summed E-state index contributed by atoms with van der Waals surface area (Å²) in [7, 11) is 1.64. The summed E-state index contributed by atoms with van der Waals surface area (Å²) in [5.74, 6) is -0.492. The van der Waals surface area contributed by atoms with Gasteiger partial charge in [0.15, 0.2) is 0 Å². The molecule has 0 aliphatic carbocycles. The number of carbonyl (C=O) groups is 1. The number of aromatic nitrogens is 1. The van der Waals surface area contributed by atoms with Crippen molar-refractivity contribution in [3.8, 4) is 0 Å². The first kappa shape index (κ1) is 14.9. The van der Waals surface area contributed by atoms with E-state index in [0.717, 1.165) is 6.42 Å². The van der Waals surface area contributed by atoms with Crippen LogP contribution in [-0.2, 0) is 14.2 Å². The van der Waals surface area contributed by atoms with Crippen LogP contribution in [0.3, 0.4) is 0 Å². The van der Waals surface area contributed by atoms with Gasteiger partial charge in [-0.3, -0.25) is 0 Å². The number of nitrogens with zero attached hydrogens (tertiary/aromatic N) is 1. The van der Waals surface area contributed by atoms with E-state index in [4.69, 9.17) is 25.8 Å². The van der Waals surface area contributed by atoms with Crippen LogP contribution in [0.25, 0.3) is 0 Å². The van der Waals surface area contributed by atoms with Crippen LogP contribution in [0, 0.1) is 0 Å². The van der Waals surface area contributed by atoms with Gasteiger partial charge in [-0.05, 0) is 18.6 Å². The van der Waals surface area contributed by atoms with Gasteiger partial charge in [0.1, 0.15) is 11.8 Å². The van der Waals surface area contributed by atoms with Crippen molar-refractivity contribution in [1.82, 2.24) is 4.98 Å². The number of hydrogen-bond acceptors (Lipinski definition) is 5. The Bertz CT molecular complexity index is 373. The lowest BCUT2D eigenvalue weighted by Gasteiger charge is -2.06. The van der Waals surface area contributed by atoms with Crippen LogP contribution < -0.4 is 0 Å². The van der Waals surface area contributed by atoms with Crippen molar-refractivity contribution in [2.24, 2.45) is 0 Å². The standard InChI is InChI=1S/C12H16ClNO4/c1-16-6-3-7-17-8-9-18-12(15)10-4-2-5-14-11(10)13/h2,4-5H,3,6-9H2,1H3. The monoisotopic (exact) mass is 273 g/mol. The summed E-state index contributed by atoms with van der Waals surface area (Å²) >= 11 is 5.76. The van der Waals surface area contributed by atoms with Crippen molar-refractivity contribution in [3.63, 3.8) is 0 Å². The van der Waals surface area contributed by atoms with Gasteiger partial charge in [-0.25, -0.2) is 9.78 Å². The number of esters is 1. The molecular formula is C12H16ClNO4. The van der Waals surface area contributed by atoms with E-state index < -0.39 is 5.97 Å². The number of pyridine rings is 1. The number of hydrogen-bond donors (Lipinski definition) is 0. The van der Waals surface area contributed by atoms with E-state index in [1.807, 2.05) is 0 Å². The molecule has 1 aromatic heterocycles. The predicted octanol–water partition coefficient (Wildman–Crippen LogP) is 1.94. The van der Waals surface area contributed by atoms with Gasteiger partial charge in [0, 0.05) is 26.5 Å². The van der Waals surface area contributed by atoms with Crippen LogP contribution in [0.2, 0.25) is 5.15 Å². The summed E-state index contributed by atoms with van der Waals surface area (Å²) in [6.07, 6.45) is 2.33. The molecule has 0 radical (unpaired) electrons. The lowest BCUT2D eigenvalue weighted by atomic mass is 10.3. The lowest BCUT2D eigenvalue weighted by Crippen LogP contribution is -2.12. The Labute approximate surface area is 111 Å². The first-order valence-electron chi connectivity index (χ1n) is 5.60. The molecule has 0 atom stereocenters. The van der Waals surface area contributed by atoms with Crippen molar-refractivity contribution >= 4 is 17.6 Å². The van der Waals surface area contributed by atoms with E-state index in [9.17, 15) is 4.79 Å². The molecule has 18 heavy (non-hydrogen) atoms. The van der Waals surface area contributed by atoms with Crippen molar-refractivity contribution in [2.45, 2.75) is 6.42 Å². The molecule has 0 aromatic carbocycles. The quantitative estimate of drug-likeness (QED) is 0.412. The molecule has 1 rings (SSSR count). The maximum Gasteiger partial charge on any atom is 0.341 e. The predicted molar refractivity (Wildman–Crippen MR) is 66.8 cm³/mol. The minimum Gasteiger partial charge on any atom is -0.460 e. The number of ether oxygens (including phenoxy) is 3. The molecule has 1 aromatic rings. The molecule has 0 aliphatic rings. The average molecular weight is 274 g/mol. The van der Waals surface area contributed by atoms with Crippen LogP contribution in [0.5, 0.6) is 0 Å². The van der Waals surface area contributed by atoms with Crippen molar-refractivity contribution in [1.29, 1.82) is 0 Å². The van der Waals surface area contributed by atoms with Gasteiger partial charge in [0.05, 0.1) is 12.2 Å². The molecule has 0 N–H and O–H groups in total. The van der Waals surface area contributed by atoms with E-state index in [1.165, 1.54) is 6.20 Å². The summed E-state index contributed by atoms with van der Waals surface area (Å²) in [6, 6.07) is 3.20. The Balaban J connectivity index is 2.16. The molecule has 0 fully saturated rings. The van der Waals surface area contributed by atoms with E-state index in [0.29, 0.717) is 19.8 Å². The number of rotatable bonds is 8. The average Bonchev–Trinajstić information content (AvgIpc) is 2.38. The Morgan fingerprint density at radius 3 is 2.89 bits per heavy atom. The van der Waals surface area contributed by atoms with E-state index >= 15 is 0 Å². The molecule has 0 spiro atoms. The highest BCUT2D eigenvalue weighted by Crippen LogP contribution is 2.12. The van der Waals surface area contributed by atoms with E-state index in [-0.39, 0.29) is 17.3 Å². The third-order valence-electron chi connectivity index (χ3n) is 2.08. The number of halogens is 1. The molecule has 0 amide bonds. The second-order valence-electron chi connectivity index (χ2n) is 3.44. The fourth-order valence-electron chi connectivity index (χ4n) is 1.22. The SMILES string of the molecule is COCCCOCCOC(=O)c1cccnc1Cl. The normalized spacial score (nSPS) is 10.3. The topological polar surface area (TPSA) is 57.7 Å². The molecular weight excluding hydrogens is 258 g/mol. The first-order valence-corrected chi connectivity index (χ1v) is 5.98. The maximum absolute atomic E-state index is 11.6. The lowest BCUT2D eigenvalue weighted by molar-refractivity contribution is 0.0288. The summed E-state index contributed by atoms with van der Waals surface area (Å²) in [5.41, 5.74) is 0.263. The zero-order valence-electron chi connectivity index (χ0n) is 10.2. The highest BCUT2D eigenvalue weighted by Gasteiger charge is 2.11. The second kappa shape index (κ2) is 8.85. The second-order valence-corrected chi connectivity index (χ2v) is 3.79. The third-order valence-corrected chi connectivity index (χ3v) is 2.38. The van der Waals surface area contributed by atoms with Gasteiger partial charge >= 0.3 is 5.97 Å². The summed E-state index contributed by atoms with van der Waals surface area (Å²) < 4.78 is 15.1. The van der Waals surface area contributed by atoms with Crippen LogP contribution in [0.15, 0.2) is 18.3 Å². The minimum atomic E-state index is -0.492. The van der Waals surface area contributed by atoms with Crippen molar-refractivity contribution in [3.05, 3.63) is 29.0 Å². The number of methoxy groups -OCH3 is 1. The molecule has 100 valence electrons. The Hall–Kier alpha value is -1.17. The zero-order valence-corrected chi connectivity index (χ0v) is 11.0. The maximum atomic E-state index is 11.6. The molecule has 0 saturated carbocycles. The molecule has 0 unspecified atom stereocenters. The van der Waals surface area contributed by atoms with Crippen LogP contribution >= 0.6 is 11.6 Å². The van der Waals surface area contributed by atoms with Crippen LogP contribution in [-0.4, -0.2) is 44.5 Å². The van der Waals surface area contributed by atoms with Crippen molar-refractivity contribution < 1.29 is 19.0 Å². The first-order chi connectivity index (χ1) is 8.75. The van der Waals surface area contributed by atoms with Crippen LogP contribution in [0.4, 0.5) is 0 Å². The zero-order chi connectivity index (χ0) is 13.2. The van der Waals surface area contributed by atoms with Gasteiger partial charge in [0.2, 0.25) is 0 Å². The highest BCUT2D eigenvalue weighted by molar-refractivity contribution is 6.32. The van der Waals surface area contributed by atoms with E-state index in [1.54, 1.807) is 19.2 Å². The Morgan fingerprint density at radius 1 is 1.33 bits per heavy atom. The fourth-order valence-corrected chi connectivity index (χ4v) is 1.41. The smallest absolute Gasteiger partial charge is 0.341 e. The largest absolute Gasteiger partial charge is 0.460 e. The molecule has 5 nitrogen and oxygen atoms in total. The highest BCUT2D eigenvalue weighted by atomic mass is 35.5. The van der Waals surface area contributed by atoms with Gasteiger partial charge in [-0.1, -0.05) is 11.6 Å². The van der Waals surface area contributed by atoms with Gasteiger partial charge < -0.3 is 14.2 Å². The summed E-state index contributed by atoms with van der Waals surface area (Å²) in [5, 5.41) is 0.142. The van der Waals surface area contributed by atoms with Crippen molar-refractivity contribution in [2.75, 3.05) is 33.5 Å². The summed E-state index contributed by atoms with van der Waals surface area (Å²) in [6.45, 7) is 1.79. The molecule has 0 aliphatic heterocycles. The Morgan fingerprint density at radius 2 is 2.17 bits per heavy atom. The van der Waals surface area contributed by atoms with E-state index in [2.05, 4.69) is 4.98 Å². The molecule has 0 bridgehead atoms. The molecule has 1 heterocycles. The third kappa shape index (κ3) is 5.44. The number of carbonyl (C=O) groups excluding carboxylic acids is 1. The molecule has 0 saturated heterocycles. The fraction of sp³-hybridized carbons (Fsp3) is 0.500. The molecule has 6 heteroatoms. The minimum absolute atomic E-state index is 0.142. The van der Waals surface area contributed by atoms with Gasteiger partial charge in [-0.15, -0.1) is 0 Å².